The third kappa shape index (κ3) is 2.81. The normalized spacial score (nSPS) is 20.0. The van der Waals surface area contributed by atoms with Crippen LogP contribution in [0.15, 0.2) is 17.3 Å². The summed E-state index contributed by atoms with van der Waals surface area (Å²) < 4.78 is 29.3. The predicted molar refractivity (Wildman–Crippen MR) is 86.7 cm³/mol. The monoisotopic (exact) mass is 337 g/mol. The molecule has 2 aromatic heterocycles. The van der Waals surface area contributed by atoms with Crippen LogP contribution in [-0.2, 0) is 16.6 Å². The summed E-state index contributed by atoms with van der Waals surface area (Å²) in [5.74, 6) is 0.169. The molecule has 2 aromatic rings. The number of H-pyrrole nitrogens is 1. The number of nitrogens with one attached hydrogen (secondary N) is 1. The zero-order chi connectivity index (χ0) is 16.6. The van der Waals surface area contributed by atoms with Crippen LogP contribution in [0.5, 0.6) is 0 Å². The third-order valence-electron chi connectivity index (χ3n) is 4.64. The summed E-state index contributed by atoms with van der Waals surface area (Å²) in [6.07, 6.45) is 5.09. The van der Waals surface area contributed by atoms with Crippen molar-refractivity contribution < 1.29 is 8.42 Å². The Morgan fingerprint density at radius 1 is 1.35 bits per heavy atom. The summed E-state index contributed by atoms with van der Waals surface area (Å²) in [4.78, 5) is 0.321. The van der Waals surface area contributed by atoms with E-state index >= 15 is 0 Å². The summed E-state index contributed by atoms with van der Waals surface area (Å²) in [6.45, 7) is 7.47. The number of nitrogens with zero attached hydrogens (tertiary/aromatic N) is 4. The van der Waals surface area contributed by atoms with Gasteiger partial charge in [0.05, 0.1) is 18.1 Å². The molecule has 1 unspecified atom stereocenters. The van der Waals surface area contributed by atoms with Crippen LogP contribution >= 0.6 is 0 Å². The van der Waals surface area contributed by atoms with Gasteiger partial charge in [0.1, 0.15) is 4.90 Å². The lowest BCUT2D eigenvalue weighted by atomic mass is 9.94. The average molecular weight is 337 g/mol. The van der Waals surface area contributed by atoms with Gasteiger partial charge in [-0.05, 0) is 39.2 Å². The van der Waals surface area contributed by atoms with E-state index in [1.165, 1.54) is 6.20 Å². The van der Waals surface area contributed by atoms with Crippen LogP contribution in [0.3, 0.4) is 0 Å². The molecule has 1 aliphatic heterocycles. The van der Waals surface area contributed by atoms with Crippen LogP contribution in [0.1, 0.15) is 42.6 Å². The molecule has 23 heavy (non-hydrogen) atoms. The van der Waals surface area contributed by atoms with E-state index < -0.39 is 10.0 Å². The molecule has 0 bridgehead atoms. The fourth-order valence-corrected chi connectivity index (χ4v) is 4.99. The second-order valence-electron chi connectivity index (χ2n) is 6.08. The Balaban J connectivity index is 1.88. The molecule has 3 heterocycles. The number of hydrogen-bond acceptors (Lipinski definition) is 4. The summed E-state index contributed by atoms with van der Waals surface area (Å²) in [5, 5.41) is 11.3. The summed E-state index contributed by atoms with van der Waals surface area (Å²) >= 11 is 0. The van der Waals surface area contributed by atoms with Gasteiger partial charge in [-0.1, -0.05) is 0 Å². The number of aromatic nitrogens is 4. The molecule has 7 nitrogen and oxygen atoms in total. The first-order valence-electron chi connectivity index (χ1n) is 7.97. The zero-order valence-electron chi connectivity index (χ0n) is 13.8. The van der Waals surface area contributed by atoms with Crippen LogP contribution < -0.4 is 0 Å². The van der Waals surface area contributed by atoms with Gasteiger partial charge in [-0.15, -0.1) is 0 Å². The van der Waals surface area contributed by atoms with Crippen molar-refractivity contribution in [1.82, 2.24) is 24.3 Å². The predicted octanol–water partition coefficient (Wildman–Crippen LogP) is 1.81. The fraction of sp³-hybridized carbons (Fsp3) is 0.600. The van der Waals surface area contributed by atoms with Crippen molar-refractivity contribution >= 4 is 10.0 Å². The minimum absolute atomic E-state index is 0.169. The minimum Gasteiger partial charge on any atom is -0.282 e. The van der Waals surface area contributed by atoms with Gasteiger partial charge in [0.15, 0.2) is 0 Å². The molecule has 3 rings (SSSR count). The molecule has 1 saturated heterocycles. The summed E-state index contributed by atoms with van der Waals surface area (Å²) in [6, 6.07) is 0. The van der Waals surface area contributed by atoms with Gasteiger partial charge in [0.2, 0.25) is 10.0 Å². The standard InChI is InChI=1S/C15H23N5O2S/c1-4-20-12(3)14(9-17-20)23(21,22)19-7-5-6-13(10-19)15-11(2)8-16-18-15/h8-9,13H,4-7,10H2,1-3H3,(H,16,18). The van der Waals surface area contributed by atoms with Gasteiger partial charge < -0.3 is 0 Å². The fourth-order valence-electron chi connectivity index (χ4n) is 3.31. The third-order valence-corrected chi connectivity index (χ3v) is 6.60. The molecular weight excluding hydrogens is 314 g/mol. The lowest BCUT2D eigenvalue weighted by Gasteiger charge is -2.31. The average Bonchev–Trinajstić information content (AvgIpc) is 3.13. The molecule has 0 aromatic carbocycles. The van der Waals surface area contributed by atoms with Gasteiger partial charge in [-0.25, -0.2) is 8.42 Å². The second kappa shape index (κ2) is 6.09. The number of hydrogen-bond donors (Lipinski definition) is 1. The van der Waals surface area contributed by atoms with E-state index in [9.17, 15) is 8.42 Å². The van der Waals surface area contributed by atoms with Crippen molar-refractivity contribution in [1.29, 1.82) is 0 Å². The SMILES string of the molecule is CCn1ncc(S(=O)(=O)N2CCCC(c3[nH]ncc3C)C2)c1C. The number of rotatable bonds is 4. The van der Waals surface area contributed by atoms with Gasteiger partial charge in [-0.3, -0.25) is 9.78 Å². The van der Waals surface area contributed by atoms with Crippen LogP contribution in [0.4, 0.5) is 0 Å². The van der Waals surface area contributed by atoms with Crippen LogP contribution in [0, 0.1) is 13.8 Å². The first-order chi connectivity index (χ1) is 10.9. The van der Waals surface area contributed by atoms with E-state index in [0.717, 1.165) is 24.1 Å². The van der Waals surface area contributed by atoms with Crippen molar-refractivity contribution in [3.63, 3.8) is 0 Å². The number of sulfonamides is 1. The van der Waals surface area contributed by atoms with E-state index in [4.69, 9.17) is 0 Å². The molecular formula is C15H23N5O2S. The highest BCUT2D eigenvalue weighted by Gasteiger charge is 2.33. The largest absolute Gasteiger partial charge is 0.282 e. The van der Waals surface area contributed by atoms with Gasteiger partial charge in [-0.2, -0.15) is 14.5 Å². The minimum atomic E-state index is -3.50. The Morgan fingerprint density at radius 3 is 2.74 bits per heavy atom. The Morgan fingerprint density at radius 2 is 2.13 bits per heavy atom. The van der Waals surface area contributed by atoms with Crippen molar-refractivity contribution in [3.8, 4) is 0 Å². The Kier molecular flexibility index (Phi) is 4.29. The van der Waals surface area contributed by atoms with E-state index in [-0.39, 0.29) is 5.92 Å². The number of aromatic amines is 1. The molecule has 8 heteroatoms. The second-order valence-corrected chi connectivity index (χ2v) is 7.99. The van der Waals surface area contributed by atoms with Gasteiger partial charge >= 0.3 is 0 Å². The van der Waals surface area contributed by atoms with Crippen LogP contribution in [-0.4, -0.2) is 45.8 Å². The van der Waals surface area contributed by atoms with E-state index in [2.05, 4.69) is 15.3 Å². The Hall–Kier alpha value is -1.67. The molecule has 0 aliphatic carbocycles. The quantitative estimate of drug-likeness (QED) is 0.922. The van der Waals surface area contributed by atoms with Crippen LogP contribution in [0.25, 0.3) is 0 Å². The van der Waals surface area contributed by atoms with E-state index in [1.807, 2.05) is 20.8 Å². The molecule has 1 aliphatic rings. The maximum absolute atomic E-state index is 13.0. The Labute approximate surface area is 136 Å². The lowest BCUT2D eigenvalue weighted by Crippen LogP contribution is -2.39. The van der Waals surface area contributed by atoms with Gasteiger partial charge in [0, 0.05) is 31.2 Å². The van der Waals surface area contributed by atoms with Crippen molar-refractivity contribution in [2.24, 2.45) is 0 Å². The molecule has 0 spiro atoms. The summed E-state index contributed by atoms with van der Waals surface area (Å²) in [7, 11) is -3.50. The van der Waals surface area contributed by atoms with Crippen molar-refractivity contribution in [2.45, 2.75) is 51.0 Å². The maximum Gasteiger partial charge on any atom is 0.246 e. The summed E-state index contributed by atoms with van der Waals surface area (Å²) in [5.41, 5.74) is 2.84. The number of piperidine rings is 1. The first kappa shape index (κ1) is 16.2. The lowest BCUT2D eigenvalue weighted by molar-refractivity contribution is 0.312. The smallest absolute Gasteiger partial charge is 0.246 e. The molecule has 1 atom stereocenters. The maximum atomic E-state index is 13.0. The molecule has 1 N–H and O–H groups in total. The number of aryl methyl sites for hydroxylation is 2. The molecule has 0 saturated carbocycles. The highest BCUT2D eigenvalue weighted by Crippen LogP contribution is 2.31. The van der Waals surface area contributed by atoms with E-state index in [1.54, 1.807) is 15.2 Å². The zero-order valence-corrected chi connectivity index (χ0v) is 14.6. The molecule has 0 radical (unpaired) electrons. The highest BCUT2D eigenvalue weighted by atomic mass is 32.2. The first-order valence-corrected chi connectivity index (χ1v) is 9.41. The van der Waals surface area contributed by atoms with Crippen molar-refractivity contribution in [3.05, 3.63) is 29.3 Å². The molecule has 126 valence electrons. The van der Waals surface area contributed by atoms with E-state index in [0.29, 0.717) is 30.2 Å². The molecule has 1 fully saturated rings. The van der Waals surface area contributed by atoms with Gasteiger partial charge in [0.25, 0.3) is 0 Å². The Bertz CT molecular complexity index is 793. The topological polar surface area (TPSA) is 83.9 Å². The van der Waals surface area contributed by atoms with Crippen LogP contribution in [0.2, 0.25) is 0 Å². The van der Waals surface area contributed by atoms with Crippen molar-refractivity contribution in [2.75, 3.05) is 13.1 Å². The molecule has 0 amide bonds. The highest BCUT2D eigenvalue weighted by molar-refractivity contribution is 7.89.